The van der Waals surface area contributed by atoms with Crippen molar-refractivity contribution in [1.29, 1.82) is 0 Å². The van der Waals surface area contributed by atoms with Gasteiger partial charge in [0, 0.05) is 24.5 Å². The fourth-order valence-corrected chi connectivity index (χ4v) is 4.40. The topological polar surface area (TPSA) is 27.6 Å². The first-order valence-electron chi connectivity index (χ1n) is 11.0. The molecule has 0 unspecified atom stereocenters. The van der Waals surface area contributed by atoms with Crippen LogP contribution >= 0.6 is 24.0 Å². The second-order valence-corrected chi connectivity index (χ2v) is 8.76. The maximum atomic E-state index is 13.4. The summed E-state index contributed by atoms with van der Waals surface area (Å²) in [5, 5.41) is 4.66. The van der Waals surface area contributed by atoms with Crippen molar-refractivity contribution in [2.24, 2.45) is 4.99 Å². The van der Waals surface area contributed by atoms with Gasteiger partial charge in [-0.1, -0.05) is 68.3 Å². The van der Waals surface area contributed by atoms with E-state index in [1.165, 1.54) is 50.7 Å². The van der Waals surface area contributed by atoms with Crippen LogP contribution in [0.2, 0.25) is 0 Å². The number of thiocarbonyl (C=S) groups is 1. The minimum absolute atomic E-state index is 0.273. The van der Waals surface area contributed by atoms with Crippen LogP contribution in [0.25, 0.3) is 0 Å². The van der Waals surface area contributed by atoms with E-state index in [1.807, 2.05) is 11.0 Å². The van der Waals surface area contributed by atoms with E-state index in [1.54, 1.807) is 17.8 Å². The Balaban J connectivity index is 1.61. The molecule has 0 spiro atoms. The number of hydrogen-bond acceptors (Lipinski definition) is 3. The number of nitrogens with one attached hydrogen (secondary N) is 1. The number of halogens is 1. The van der Waals surface area contributed by atoms with E-state index >= 15 is 0 Å². The molecule has 0 aliphatic carbocycles. The van der Waals surface area contributed by atoms with E-state index in [0.717, 1.165) is 36.9 Å². The van der Waals surface area contributed by atoms with Gasteiger partial charge in [0.15, 0.2) is 10.3 Å². The SMILES string of the molecule is CCCCC/C=C/C=C/CCCCCN=C1SCCN1C(=S)Nc1cccc(F)c1. The number of benzene rings is 1. The summed E-state index contributed by atoms with van der Waals surface area (Å²) in [5.41, 5.74) is 0.667. The molecule has 1 heterocycles. The zero-order valence-electron chi connectivity index (χ0n) is 18.0. The number of unbranched alkanes of at least 4 members (excludes halogenated alkanes) is 6. The Kier molecular flexibility index (Phi) is 12.5. The third-order valence-corrected chi connectivity index (χ3v) is 6.05. The number of allylic oxidation sites excluding steroid dienone is 4. The summed E-state index contributed by atoms with van der Waals surface area (Å²) in [5.74, 6) is 0.700. The molecule has 0 saturated carbocycles. The first-order chi connectivity index (χ1) is 14.7. The number of aliphatic imine (C=N–C) groups is 1. The molecule has 1 aliphatic heterocycles. The largest absolute Gasteiger partial charge is 0.332 e. The van der Waals surface area contributed by atoms with E-state index in [0.29, 0.717) is 10.8 Å². The molecule has 3 nitrogen and oxygen atoms in total. The molecule has 1 N–H and O–H groups in total. The molecule has 0 atom stereocenters. The monoisotopic (exact) mass is 447 g/mol. The lowest BCUT2D eigenvalue weighted by molar-refractivity contribution is 0.628. The van der Waals surface area contributed by atoms with Gasteiger partial charge in [0.05, 0.1) is 0 Å². The minimum atomic E-state index is -0.273. The number of anilines is 1. The van der Waals surface area contributed by atoms with Crippen molar-refractivity contribution in [3.05, 3.63) is 54.4 Å². The molecule has 164 valence electrons. The van der Waals surface area contributed by atoms with Crippen molar-refractivity contribution in [3.63, 3.8) is 0 Å². The first-order valence-corrected chi connectivity index (χ1v) is 12.4. The Labute approximate surface area is 190 Å². The van der Waals surface area contributed by atoms with Crippen LogP contribution in [0.5, 0.6) is 0 Å². The summed E-state index contributed by atoms with van der Waals surface area (Å²) in [7, 11) is 0. The number of thioether (sulfide) groups is 1. The number of hydrogen-bond donors (Lipinski definition) is 1. The molecule has 1 aromatic carbocycles. The summed E-state index contributed by atoms with van der Waals surface area (Å²) in [6.07, 6.45) is 18.5. The molecular weight excluding hydrogens is 413 g/mol. The normalized spacial score (nSPS) is 15.7. The highest BCUT2D eigenvalue weighted by atomic mass is 32.2. The van der Waals surface area contributed by atoms with Gasteiger partial charge in [-0.25, -0.2) is 4.39 Å². The molecule has 6 heteroatoms. The number of rotatable bonds is 12. The summed E-state index contributed by atoms with van der Waals surface area (Å²) < 4.78 is 13.4. The van der Waals surface area contributed by atoms with Crippen LogP contribution in [0.4, 0.5) is 10.1 Å². The minimum Gasteiger partial charge on any atom is -0.332 e. The standard InChI is InChI=1S/C24H34FN3S2/c1-2-3-4-5-6-7-8-9-10-11-12-13-17-26-24-28(18-19-30-24)23(29)27-22-16-14-15-21(25)20-22/h6-9,14-16,20H,2-5,10-13,17-19H2,1H3,(H,27,29)/b7-6+,9-8+,26-24?. The Morgan fingerprint density at radius 1 is 1.17 bits per heavy atom. The molecule has 0 aromatic heterocycles. The van der Waals surface area contributed by atoms with E-state index in [2.05, 4.69) is 36.5 Å². The molecule has 0 amide bonds. The molecule has 1 aromatic rings. The van der Waals surface area contributed by atoms with Crippen molar-refractivity contribution in [1.82, 2.24) is 4.90 Å². The highest BCUT2D eigenvalue weighted by Crippen LogP contribution is 2.20. The lowest BCUT2D eigenvalue weighted by atomic mass is 10.2. The first kappa shape index (κ1) is 24.6. The van der Waals surface area contributed by atoms with Crippen molar-refractivity contribution in [2.45, 2.75) is 58.3 Å². The Hall–Kier alpha value is -1.66. The third kappa shape index (κ3) is 9.90. The van der Waals surface area contributed by atoms with E-state index in [9.17, 15) is 4.39 Å². The summed E-state index contributed by atoms with van der Waals surface area (Å²) >= 11 is 7.23. The van der Waals surface area contributed by atoms with Gasteiger partial charge in [0.2, 0.25) is 0 Å². The van der Waals surface area contributed by atoms with Crippen LogP contribution in [0, 0.1) is 5.82 Å². The highest BCUT2D eigenvalue weighted by molar-refractivity contribution is 8.14. The van der Waals surface area contributed by atoms with Crippen molar-refractivity contribution in [3.8, 4) is 0 Å². The zero-order valence-corrected chi connectivity index (χ0v) is 19.6. The van der Waals surface area contributed by atoms with Crippen LogP contribution in [0.15, 0.2) is 53.6 Å². The summed E-state index contributed by atoms with van der Waals surface area (Å²) in [6.45, 7) is 3.89. The van der Waals surface area contributed by atoms with Gasteiger partial charge in [0.25, 0.3) is 0 Å². The maximum absolute atomic E-state index is 13.4. The molecule has 2 rings (SSSR count). The summed E-state index contributed by atoms with van der Waals surface area (Å²) in [6, 6.07) is 6.36. The van der Waals surface area contributed by atoms with Crippen molar-refractivity contribution in [2.75, 3.05) is 24.2 Å². The molecule has 0 radical (unpaired) electrons. The van der Waals surface area contributed by atoms with Gasteiger partial charge in [-0.2, -0.15) is 0 Å². The second-order valence-electron chi connectivity index (χ2n) is 7.31. The van der Waals surface area contributed by atoms with E-state index in [4.69, 9.17) is 17.2 Å². The van der Waals surface area contributed by atoms with Gasteiger partial charge in [-0.15, -0.1) is 0 Å². The Morgan fingerprint density at radius 3 is 2.67 bits per heavy atom. The summed E-state index contributed by atoms with van der Waals surface area (Å²) in [4.78, 5) is 6.76. The van der Waals surface area contributed by atoms with E-state index in [-0.39, 0.29) is 5.82 Å². The molecule has 1 saturated heterocycles. The smallest absolute Gasteiger partial charge is 0.179 e. The second kappa shape index (κ2) is 15.2. The average Bonchev–Trinajstić information content (AvgIpc) is 3.20. The van der Waals surface area contributed by atoms with Crippen molar-refractivity contribution >= 4 is 39.9 Å². The quantitative estimate of drug-likeness (QED) is 0.209. The fourth-order valence-electron chi connectivity index (χ4n) is 3.07. The zero-order chi connectivity index (χ0) is 21.4. The van der Waals surface area contributed by atoms with Gasteiger partial charge in [-0.05, 0) is 62.5 Å². The predicted octanol–water partition coefficient (Wildman–Crippen LogP) is 7.18. The predicted molar refractivity (Wildman–Crippen MR) is 135 cm³/mol. The fraction of sp³-hybridized carbons (Fsp3) is 0.500. The van der Waals surface area contributed by atoms with Crippen molar-refractivity contribution < 1.29 is 4.39 Å². The lowest BCUT2D eigenvalue weighted by Crippen LogP contribution is -2.35. The van der Waals surface area contributed by atoms with Crippen LogP contribution in [-0.4, -0.2) is 34.0 Å². The number of amidine groups is 1. The van der Waals surface area contributed by atoms with Gasteiger partial charge >= 0.3 is 0 Å². The van der Waals surface area contributed by atoms with Crippen LogP contribution in [-0.2, 0) is 0 Å². The van der Waals surface area contributed by atoms with E-state index < -0.39 is 0 Å². The molecule has 0 bridgehead atoms. The van der Waals surface area contributed by atoms with Crippen LogP contribution in [0.3, 0.4) is 0 Å². The molecule has 1 aliphatic rings. The Bertz CT molecular complexity index is 731. The molecule has 1 fully saturated rings. The van der Waals surface area contributed by atoms with Gasteiger partial charge in [0.1, 0.15) is 5.82 Å². The van der Waals surface area contributed by atoms with Gasteiger partial charge in [-0.3, -0.25) is 9.89 Å². The maximum Gasteiger partial charge on any atom is 0.179 e. The Morgan fingerprint density at radius 2 is 1.93 bits per heavy atom. The van der Waals surface area contributed by atoms with Crippen LogP contribution in [0.1, 0.15) is 58.3 Å². The highest BCUT2D eigenvalue weighted by Gasteiger charge is 2.23. The number of nitrogens with zero attached hydrogens (tertiary/aromatic N) is 2. The van der Waals surface area contributed by atoms with Gasteiger partial charge < -0.3 is 5.32 Å². The lowest BCUT2D eigenvalue weighted by Gasteiger charge is -2.20. The molecular formula is C24H34FN3S2. The third-order valence-electron chi connectivity index (χ3n) is 4.73. The average molecular weight is 448 g/mol. The van der Waals surface area contributed by atoms with Crippen LogP contribution < -0.4 is 5.32 Å². The molecule has 30 heavy (non-hydrogen) atoms.